The fourth-order valence-electron chi connectivity index (χ4n) is 5.07. The number of fused-ring (bicyclic) bond motifs is 4. The second-order valence-electron chi connectivity index (χ2n) is 8.12. The third-order valence-corrected chi connectivity index (χ3v) is 6.57. The molecule has 1 N–H and O–H groups in total. The Morgan fingerprint density at radius 2 is 2.21 bits per heavy atom. The number of ether oxygens (including phenoxy) is 1. The van der Waals surface area contributed by atoms with Crippen molar-refractivity contribution in [1.82, 2.24) is 14.5 Å². The SMILES string of the molecule is COCCN1c2cccnc2-n2cccc2[C@@]12CCN(C(=O)C1CC(O)C1)C2. The minimum Gasteiger partial charge on any atom is -0.393 e. The normalized spacial score (nSPS) is 28.2. The maximum absolute atomic E-state index is 13.0. The zero-order chi connectivity index (χ0) is 19.3. The average molecular weight is 382 g/mol. The van der Waals surface area contributed by atoms with Gasteiger partial charge in [-0.15, -0.1) is 0 Å². The molecule has 5 rings (SSSR count). The maximum Gasteiger partial charge on any atom is 0.225 e. The number of amides is 1. The molecule has 1 aliphatic carbocycles. The summed E-state index contributed by atoms with van der Waals surface area (Å²) < 4.78 is 7.57. The van der Waals surface area contributed by atoms with E-state index in [2.05, 4.69) is 38.8 Å². The molecule has 0 unspecified atom stereocenters. The standard InChI is InChI=1S/C21H26N4O3/c1-28-11-10-25-17-4-2-7-22-19(17)24-8-3-5-18(24)21(25)6-9-23(14-21)20(27)15-12-16(26)13-15/h2-5,7-8,15-16,26H,6,9-14H2,1H3/t15?,16?,21-/m0/s1. The van der Waals surface area contributed by atoms with E-state index in [4.69, 9.17) is 4.74 Å². The number of aromatic nitrogens is 2. The molecule has 1 atom stereocenters. The van der Waals surface area contributed by atoms with Crippen molar-refractivity contribution in [3.8, 4) is 5.82 Å². The molecule has 2 fully saturated rings. The van der Waals surface area contributed by atoms with Crippen LogP contribution in [0.15, 0.2) is 36.7 Å². The number of pyridine rings is 1. The minimum atomic E-state index is -0.312. The highest BCUT2D eigenvalue weighted by atomic mass is 16.5. The summed E-state index contributed by atoms with van der Waals surface area (Å²) >= 11 is 0. The number of likely N-dealkylation sites (tertiary alicyclic amines) is 1. The van der Waals surface area contributed by atoms with Gasteiger partial charge in [-0.3, -0.25) is 4.79 Å². The van der Waals surface area contributed by atoms with Crippen molar-refractivity contribution in [1.29, 1.82) is 0 Å². The highest BCUT2D eigenvalue weighted by Crippen LogP contribution is 2.47. The van der Waals surface area contributed by atoms with E-state index < -0.39 is 0 Å². The van der Waals surface area contributed by atoms with Crippen LogP contribution in [0.2, 0.25) is 0 Å². The van der Waals surface area contributed by atoms with Crippen molar-refractivity contribution >= 4 is 11.6 Å². The van der Waals surface area contributed by atoms with Crippen molar-refractivity contribution in [3.05, 3.63) is 42.4 Å². The first-order valence-electron chi connectivity index (χ1n) is 10.0. The molecule has 0 aromatic carbocycles. The Morgan fingerprint density at radius 1 is 1.36 bits per heavy atom. The van der Waals surface area contributed by atoms with Crippen LogP contribution in [0.25, 0.3) is 5.82 Å². The highest BCUT2D eigenvalue weighted by molar-refractivity contribution is 5.81. The Labute approximate surface area is 164 Å². The summed E-state index contributed by atoms with van der Waals surface area (Å²) in [5, 5.41) is 9.60. The van der Waals surface area contributed by atoms with Gasteiger partial charge in [0.2, 0.25) is 5.91 Å². The first-order valence-corrected chi connectivity index (χ1v) is 10.0. The van der Waals surface area contributed by atoms with E-state index in [1.807, 2.05) is 17.2 Å². The summed E-state index contributed by atoms with van der Waals surface area (Å²) in [7, 11) is 1.72. The summed E-state index contributed by atoms with van der Waals surface area (Å²) in [4.78, 5) is 22.0. The Morgan fingerprint density at radius 3 is 3.00 bits per heavy atom. The molecule has 2 aromatic heterocycles. The molecular formula is C21H26N4O3. The van der Waals surface area contributed by atoms with Crippen LogP contribution >= 0.6 is 0 Å². The van der Waals surface area contributed by atoms with Crippen molar-refractivity contribution in [2.24, 2.45) is 5.92 Å². The van der Waals surface area contributed by atoms with Gasteiger partial charge in [-0.2, -0.15) is 0 Å². The van der Waals surface area contributed by atoms with Crippen LogP contribution in [0.5, 0.6) is 0 Å². The van der Waals surface area contributed by atoms with Crippen LogP contribution < -0.4 is 4.90 Å². The van der Waals surface area contributed by atoms with Crippen LogP contribution in [0, 0.1) is 5.92 Å². The molecule has 0 radical (unpaired) electrons. The zero-order valence-corrected chi connectivity index (χ0v) is 16.1. The minimum absolute atomic E-state index is 0.0260. The quantitative estimate of drug-likeness (QED) is 0.869. The third-order valence-electron chi connectivity index (χ3n) is 6.57. The first kappa shape index (κ1) is 17.7. The average Bonchev–Trinajstić information content (AvgIpc) is 3.34. The number of aliphatic hydroxyl groups is 1. The molecule has 0 bridgehead atoms. The van der Waals surface area contributed by atoms with Crippen LogP contribution in [-0.4, -0.2) is 64.9 Å². The summed E-state index contributed by atoms with van der Waals surface area (Å²) in [5.74, 6) is 1.09. The lowest BCUT2D eigenvalue weighted by Crippen LogP contribution is -2.54. The van der Waals surface area contributed by atoms with Gasteiger partial charge in [0, 0.05) is 45.1 Å². The van der Waals surface area contributed by atoms with E-state index >= 15 is 0 Å². The third kappa shape index (κ3) is 2.49. The number of hydrogen-bond acceptors (Lipinski definition) is 5. The van der Waals surface area contributed by atoms with E-state index in [9.17, 15) is 9.90 Å². The van der Waals surface area contributed by atoms with Gasteiger partial charge in [0.25, 0.3) is 0 Å². The number of anilines is 1. The lowest BCUT2D eigenvalue weighted by molar-refractivity contribution is -0.141. The summed E-state index contributed by atoms with van der Waals surface area (Å²) in [6.07, 6.45) is 5.63. The van der Waals surface area contributed by atoms with Crippen molar-refractivity contribution in [3.63, 3.8) is 0 Å². The van der Waals surface area contributed by atoms with Crippen molar-refractivity contribution in [2.75, 3.05) is 38.3 Å². The lowest BCUT2D eigenvalue weighted by Gasteiger charge is -2.47. The van der Waals surface area contributed by atoms with Gasteiger partial charge in [-0.25, -0.2) is 4.98 Å². The van der Waals surface area contributed by atoms with Gasteiger partial charge in [-0.1, -0.05) is 0 Å². The molecule has 1 saturated carbocycles. The largest absolute Gasteiger partial charge is 0.393 e. The molecule has 1 spiro atoms. The molecule has 148 valence electrons. The second-order valence-corrected chi connectivity index (χ2v) is 8.12. The van der Waals surface area contributed by atoms with Gasteiger partial charge < -0.3 is 24.2 Å². The van der Waals surface area contributed by atoms with Crippen LogP contribution in [0.3, 0.4) is 0 Å². The topological polar surface area (TPSA) is 70.8 Å². The molecule has 28 heavy (non-hydrogen) atoms. The summed E-state index contributed by atoms with van der Waals surface area (Å²) in [6.45, 7) is 2.74. The number of methoxy groups -OCH3 is 1. The molecule has 2 aromatic rings. The summed E-state index contributed by atoms with van der Waals surface area (Å²) in [5.41, 5.74) is 1.98. The number of nitrogens with zero attached hydrogens (tertiary/aromatic N) is 4. The highest BCUT2D eigenvalue weighted by Gasteiger charge is 2.51. The van der Waals surface area contributed by atoms with Gasteiger partial charge in [0.1, 0.15) is 5.54 Å². The van der Waals surface area contributed by atoms with E-state index in [1.54, 1.807) is 7.11 Å². The van der Waals surface area contributed by atoms with Gasteiger partial charge in [0.05, 0.1) is 24.1 Å². The Hall–Kier alpha value is -2.38. The predicted molar refractivity (Wildman–Crippen MR) is 104 cm³/mol. The fourth-order valence-corrected chi connectivity index (χ4v) is 5.07. The second kappa shape index (κ2) is 6.60. The smallest absolute Gasteiger partial charge is 0.225 e. The van der Waals surface area contributed by atoms with Gasteiger partial charge in [-0.05, 0) is 43.5 Å². The molecule has 2 aliphatic heterocycles. The first-order chi connectivity index (χ1) is 13.6. The van der Waals surface area contributed by atoms with Crippen LogP contribution in [0.4, 0.5) is 5.69 Å². The maximum atomic E-state index is 13.0. The number of carbonyl (C=O) groups is 1. The van der Waals surface area contributed by atoms with Crippen LogP contribution in [0.1, 0.15) is 25.0 Å². The van der Waals surface area contributed by atoms with E-state index in [0.717, 1.165) is 31.0 Å². The number of rotatable bonds is 4. The predicted octanol–water partition coefficient (Wildman–Crippen LogP) is 1.54. The van der Waals surface area contributed by atoms with E-state index in [0.29, 0.717) is 26.0 Å². The fraction of sp³-hybridized carbons (Fsp3) is 0.524. The lowest BCUT2D eigenvalue weighted by atomic mass is 9.81. The van der Waals surface area contributed by atoms with Crippen molar-refractivity contribution in [2.45, 2.75) is 30.9 Å². The van der Waals surface area contributed by atoms with Crippen molar-refractivity contribution < 1.29 is 14.6 Å². The van der Waals surface area contributed by atoms with E-state index in [1.165, 1.54) is 5.69 Å². The molecule has 1 saturated heterocycles. The number of carbonyl (C=O) groups excluding carboxylic acids is 1. The Balaban J connectivity index is 1.53. The molecule has 7 nitrogen and oxygen atoms in total. The molecule has 3 aliphatic rings. The van der Waals surface area contributed by atoms with Gasteiger partial charge >= 0.3 is 0 Å². The molecule has 1 amide bonds. The molecule has 7 heteroatoms. The molecule has 4 heterocycles. The summed E-state index contributed by atoms with van der Waals surface area (Å²) in [6, 6.07) is 8.28. The monoisotopic (exact) mass is 382 g/mol. The Kier molecular flexibility index (Phi) is 4.17. The van der Waals surface area contributed by atoms with E-state index in [-0.39, 0.29) is 23.5 Å². The van der Waals surface area contributed by atoms with Crippen LogP contribution in [-0.2, 0) is 15.1 Å². The zero-order valence-electron chi connectivity index (χ0n) is 16.1. The van der Waals surface area contributed by atoms with Gasteiger partial charge in [0.15, 0.2) is 5.82 Å². The number of hydrogen-bond donors (Lipinski definition) is 1. The molecular weight excluding hydrogens is 356 g/mol. The Bertz CT molecular complexity index is 891. The number of aliphatic hydroxyl groups excluding tert-OH is 1.